The van der Waals surface area contributed by atoms with E-state index in [-0.39, 0.29) is 23.6 Å². The number of carbonyl (C=O) groups is 4. The molecule has 0 saturated heterocycles. The summed E-state index contributed by atoms with van der Waals surface area (Å²) in [5, 5.41) is 5.63. The summed E-state index contributed by atoms with van der Waals surface area (Å²) in [5.74, 6) is -1.04. The van der Waals surface area contributed by atoms with Crippen LogP contribution in [0, 0.1) is 0 Å². The molecule has 0 saturated carbocycles. The third-order valence-corrected chi connectivity index (χ3v) is 5.43. The number of ketones is 1. The van der Waals surface area contributed by atoms with Crippen LogP contribution in [0.2, 0.25) is 0 Å². The Morgan fingerprint density at radius 1 is 0.857 bits per heavy atom. The Hall–Kier alpha value is -3.52. The Kier molecular flexibility index (Phi) is 12.2. The highest BCUT2D eigenvalue weighted by atomic mass is 16.5. The predicted molar refractivity (Wildman–Crippen MR) is 134 cm³/mol. The van der Waals surface area contributed by atoms with E-state index in [1.54, 1.807) is 55.5 Å². The topological polar surface area (TPSA) is 128 Å². The van der Waals surface area contributed by atoms with E-state index >= 15 is 0 Å². The van der Waals surface area contributed by atoms with E-state index in [1.807, 2.05) is 6.07 Å². The van der Waals surface area contributed by atoms with Crippen LogP contribution in [-0.2, 0) is 14.3 Å². The fraction of sp³-hybridized carbons (Fsp3) is 0.407. The number of nitrogens with two attached hydrogens (primary N) is 1. The summed E-state index contributed by atoms with van der Waals surface area (Å²) in [4.78, 5) is 49.5. The van der Waals surface area contributed by atoms with Crippen molar-refractivity contribution in [3.05, 3.63) is 71.3 Å². The maximum atomic E-state index is 12.8. The maximum absolute atomic E-state index is 12.8. The molecule has 8 heteroatoms. The fourth-order valence-electron chi connectivity index (χ4n) is 3.49. The first kappa shape index (κ1) is 27.7. The van der Waals surface area contributed by atoms with Crippen molar-refractivity contribution >= 4 is 23.6 Å². The van der Waals surface area contributed by atoms with Crippen LogP contribution >= 0.6 is 0 Å². The van der Waals surface area contributed by atoms with Crippen LogP contribution in [-0.4, -0.2) is 49.3 Å². The van der Waals surface area contributed by atoms with Gasteiger partial charge in [-0.25, -0.2) is 0 Å². The molecule has 1 unspecified atom stereocenters. The summed E-state index contributed by atoms with van der Waals surface area (Å²) >= 11 is 0. The van der Waals surface area contributed by atoms with Gasteiger partial charge in [-0.05, 0) is 57.7 Å². The highest BCUT2D eigenvalue weighted by Crippen LogP contribution is 2.12. The molecule has 35 heavy (non-hydrogen) atoms. The van der Waals surface area contributed by atoms with Crippen LogP contribution in [0.3, 0.4) is 0 Å². The molecule has 0 spiro atoms. The van der Waals surface area contributed by atoms with E-state index in [2.05, 4.69) is 10.6 Å². The summed E-state index contributed by atoms with van der Waals surface area (Å²) < 4.78 is 4.89. The van der Waals surface area contributed by atoms with Crippen LogP contribution in [0.15, 0.2) is 54.6 Å². The number of unbranched alkanes of at least 4 members (excludes halogenated alkanes) is 2. The van der Waals surface area contributed by atoms with Crippen molar-refractivity contribution in [2.75, 3.05) is 19.7 Å². The molecule has 188 valence electrons. The number of ether oxygens (including phenoxy) is 1. The molecule has 2 aromatic rings. The molecule has 2 aromatic carbocycles. The number of benzene rings is 2. The van der Waals surface area contributed by atoms with E-state index in [4.69, 9.17) is 10.5 Å². The molecule has 0 bridgehead atoms. The molecule has 2 amide bonds. The Labute approximate surface area is 206 Å². The summed E-state index contributed by atoms with van der Waals surface area (Å²) in [6.07, 6.45) is 3.45. The first-order chi connectivity index (χ1) is 17.0. The minimum Gasteiger partial charge on any atom is -0.466 e. The zero-order chi connectivity index (χ0) is 25.5. The number of nitrogens with one attached hydrogen (secondary N) is 2. The van der Waals surface area contributed by atoms with Gasteiger partial charge in [-0.2, -0.15) is 0 Å². The Morgan fingerprint density at radius 3 is 2.17 bits per heavy atom. The van der Waals surface area contributed by atoms with E-state index in [0.717, 1.165) is 6.42 Å². The molecular formula is C27H35N3O5. The second kappa shape index (κ2) is 15.4. The lowest BCUT2D eigenvalue weighted by Crippen LogP contribution is -2.47. The normalized spacial score (nSPS) is 11.4. The molecule has 2 rings (SSSR count). The number of hydrogen-bond acceptors (Lipinski definition) is 6. The van der Waals surface area contributed by atoms with Crippen molar-refractivity contribution in [1.82, 2.24) is 10.6 Å². The molecule has 4 N–H and O–H groups in total. The largest absolute Gasteiger partial charge is 0.466 e. The molecule has 0 radical (unpaired) electrons. The average molecular weight is 482 g/mol. The van der Waals surface area contributed by atoms with Gasteiger partial charge in [0.1, 0.15) is 6.04 Å². The van der Waals surface area contributed by atoms with Crippen LogP contribution in [0.1, 0.15) is 71.7 Å². The number of amides is 2. The minimum atomic E-state index is -0.704. The number of carbonyl (C=O) groups excluding carboxylic acids is 4. The van der Waals surface area contributed by atoms with Crippen molar-refractivity contribution in [1.29, 1.82) is 0 Å². The molecular weight excluding hydrogens is 446 g/mol. The van der Waals surface area contributed by atoms with Crippen molar-refractivity contribution in [3.63, 3.8) is 0 Å². The second-order valence-electron chi connectivity index (χ2n) is 8.14. The summed E-state index contributed by atoms with van der Waals surface area (Å²) in [5.41, 5.74) is 6.98. The molecule has 8 nitrogen and oxygen atoms in total. The lowest BCUT2D eigenvalue weighted by atomic mass is 10.0. The van der Waals surface area contributed by atoms with Gasteiger partial charge in [0, 0.05) is 29.7 Å². The van der Waals surface area contributed by atoms with Gasteiger partial charge in [0.05, 0.1) is 6.61 Å². The third kappa shape index (κ3) is 9.70. The van der Waals surface area contributed by atoms with Crippen LogP contribution in [0.25, 0.3) is 0 Å². The minimum absolute atomic E-state index is 0.125. The molecule has 0 fully saturated rings. The van der Waals surface area contributed by atoms with Crippen molar-refractivity contribution in [2.45, 2.75) is 51.5 Å². The van der Waals surface area contributed by atoms with Gasteiger partial charge >= 0.3 is 5.97 Å². The first-order valence-corrected chi connectivity index (χ1v) is 12.1. The summed E-state index contributed by atoms with van der Waals surface area (Å²) in [7, 11) is 0. The van der Waals surface area contributed by atoms with Gasteiger partial charge in [0.25, 0.3) is 5.91 Å². The molecule has 0 heterocycles. The zero-order valence-electron chi connectivity index (χ0n) is 20.3. The van der Waals surface area contributed by atoms with Crippen molar-refractivity contribution in [3.8, 4) is 0 Å². The maximum Gasteiger partial charge on any atom is 0.305 e. The van der Waals surface area contributed by atoms with E-state index in [1.165, 1.54) is 0 Å². The van der Waals surface area contributed by atoms with Gasteiger partial charge in [0.2, 0.25) is 5.91 Å². The monoisotopic (exact) mass is 481 g/mol. The van der Waals surface area contributed by atoms with Gasteiger partial charge in [0.15, 0.2) is 5.78 Å². The highest BCUT2D eigenvalue weighted by Gasteiger charge is 2.21. The standard InChI is InChI=1S/C27H35N3O5/c1-2-35-24(31)13-7-9-19-29-27(34)23(12-6-8-18-28)30-26(33)22-16-14-21(15-17-22)25(32)20-10-4-3-5-11-20/h3-5,10-11,14-17,23H,2,6-9,12-13,18-19,28H2,1H3,(H,29,34)(H,30,33). The third-order valence-electron chi connectivity index (χ3n) is 5.43. The molecule has 0 aliphatic carbocycles. The molecule has 0 aliphatic rings. The lowest BCUT2D eigenvalue weighted by Gasteiger charge is -2.18. The van der Waals surface area contributed by atoms with E-state index in [0.29, 0.717) is 68.5 Å². The Balaban J connectivity index is 1.92. The lowest BCUT2D eigenvalue weighted by molar-refractivity contribution is -0.143. The zero-order valence-corrected chi connectivity index (χ0v) is 20.3. The van der Waals surface area contributed by atoms with Gasteiger partial charge in [-0.3, -0.25) is 19.2 Å². The Morgan fingerprint density at radius 2 is 1.51 bits per heavy atom. The number of hydrogen-bond donors (Lipinski definition) is 3. The van der Waals surface area contributed by atoms with E-state index in [9.17, 15) is 19.2 Å². The van der Waals surface area contributed by atoms with Crippen LogP contribution < -0.4 is 16.4 Å². The average Bonchev–Trinajstić information content (AvgIpc) is 2.88. The second-order valence-corrected chi connectivity index (χ2v) is 8.14. The Bertz CT molecular complexity index is 961. The molecule has 0 aliphatic heterocycles. The SMILES string of the molecule is CCOC(=O)CCCCNC(=O)C(CCCCN)NC(=O)c1ccc(C(=O)c2ccccc2)cc1. The smallest absolute Gasteiger partial charge is 0.305 e. The van der Waals surface area contributed by atoms with Crippen molar-refractivity contribution in [2.24, 2.45) is 5.73 Å². The van der Waals surface area contributed by atoms with Crippen molar-refractivity contribution < 1.29 is 23.9 Å². The van der Waals surface area contributed by atoms with Gasteiger partial charge < -0.3 is 21.1 Å². The fourth-order valence-corrected chi connectivity index (χ4v) is 3.49. The molecule has 1 atom stereocenters. The number of rotatable bonds is 15. The number of esters is 1. The van der Waals surface area contributed by atoms with Gasteiger partial charge in [-0.1, -0.05) is 42.5 Å². The van der Waals surface area contributed by atoms with Crippen LogP contribution in [0.4, 0.5) is 0 Å². The van der Waals surface area contributed by atoms with Gasteiger partial charge in [-0.15, -0.1) is 0 Å². The predicted octanol–water partition coefficient (Wildman–Crippen LogP) is 2.99. The van der Waals surface area contributed by atoms with E-state index < -0.39 is 6.04 Å². The first-order valence-electron chi connectivity index (χ1n) is 12.1. The summed E-state index contributed by atoms with van der Waals surface area (Å²) in [6.45, 7) is 3.02. The highest BCUT2D eigenvalue weighted by molar-refractivity contribution is 6.09. The summed E-state index contributed by atoms with van der Waals surface area (Å²) in [6, 6.07) is 14.6. The van der Waals surface area contributed by atoms with Crippen LogP contribution in [0.5, 0.6) is 0 Å². The quantitative estimate of drug-likeness (QED) is 0.204. The molecule has 0 aromatic heterocycles.